The Morgan fingerprint density at radius 2 is 1.50 bits per heavy atom. The standard InChI is InChI=1S/C23H14BrCl5O3/c1-31-17-9-3-12(2-8-16(30)13-4-6-15(24)7-5-13)10-14(17)11-32-23-21(28)19(26)18(25)20(27)22(23)29/h2-10H,11H2,1H3/b8-2+. The molecule has 0 N–H and O–H groups in total. The summed E-state index contributed by atoms with van der Waals surface area (Å²) >= 11 is 34.0. The van der Waals surface area contributed by atoms with Gasteiger partial charge in [-0.25, -0.2) is 0 Å². The molecule has 3 aromatic rings. The SMILES string of the molecule is COc1ccc(/C=C/C(=O)c2ccc(Br)cc2)cc1COc1c(Cl)c(Cl)c(Cl)c(Cl)c1Cl. The van der Waals surface area contributed by atoms with Crippen LogP contribution >= 0.6 is 73.9 Å². The molecule has 3 nitrogen and oxygen atoms in total. The molecule has 0 amide bonds. The van der Waals surface area contributed by atoms with Gasteiger partial charge in [0.25, 0.3) is 0 Å². The van der Waals surface area contributed by atoms with E-state index in [0.29, 0.717) is 16.9 Å². The highest BCUT2D eigenvalue weighted by molar-refractivity contribution is 9.10. The highest BCUT2D eigenvalue weighted by Crippen LogP contribution is 2.48. The molecule has 0 radical (unpaired) electrons. The van der Waals surface area contributed by atoms with Crippen LogP contribution in [0.15, 0.2) is 53.0 Å². The first-order valence-electron chi connectivity index (χ1n) is 9.02. The van der Waals surface area contributed by atoms with Gasteiger partial charge in [-0.15, -0.1) is 0 Å². The van der Waals surface area contributed by atoms with E-state index in [2.05, 4.69) is 15.9 Å². The molecule has 0 aliphatic carbocycles. The van der Waals surface area contributed by atoms with Crippen molar-refractivity contribution < 1.29 is 14.3 Å². The van der Waals surface area contributed by atoms with E-state index in [1.54, 1.807) is 31.4 Å². The van der Waals surface area contributed by atoms with E-state index < -0.39 is 0 Å². The number of ether oxygens (including phenoxy) is 2. The molecule has 0 heterocycles. The number of methoxy groups -OCH3 is 1. The lowest BCUT2D eigenvalue weighted by Crippen LogP contribution is -2.01. The second kappa shape index (κ2) is 11.1. The average Bonchev–Trinajstić information content (AvgIpc) is 2.80. The summed E-state index contributed by atoms with van der Waals surface area (Å²) in [6.45, 7) is 0.0548. The van der Waals surface area contributed by atoms with Crippen molar-refractivity contribution in [3.8, 4) is 11.5 Å². The van der Waals surface area contributed by atoms with Crippen LogP contribution < -0.4 is 9.47 Å². The second-order valence-electron chi connectivity index (χ2n) is 6.46. The fraction of sp³-hybridized carbons (Fsp3) is 0.0870. The number of halogens is 6. The van der Waals surface area contributed by atoms with Crippen LogP contribution in [0.5, 0.6) is 11.5 Å². The topological polar surface area (TPSA) is 35.5 Å². The van der Waals surface area contributed by atoms with Crippen molar-refractivity contribution in [3.05, 3.63) is 94.8 Å². The zero-order valence-corrected chi connectivity index (χ0v) is 21.8. The molecule has 0 atom stereocenters. The minimum atomic E-state index is -0.116. The lowest BCUT2D eigenvalue weighted by molar-refractivity contribution is 0.104. The minimum Gasteiger partial charge on any atom is -0.496 e. The molecule has 0 aromatic heterocycles. The van der Waals surface area contributed by atoms with Crippen LogP contribution in [0.1, 0.15) is 21.5 Å². The Balaban J connectivity index is 1.83. The summed E-state index contributed by atoms with van der Waals surface area (Å²) in [5, 5.41) is 0.263. The van der Waals surface area contributed by atoms with E-state index in [1.165, 1.54) is 6.08 Å². The van der Waals surface area contributed by atoms with Crippen molar-refractivity contribution in [1.82, 2.24) is 0 Å². The van der Waals surface area contributed by atoms with Crippen molar-refractivity contribution >= 4 is 85.8 Å². The number of ketones is 1. The quantitative estimate of drug-likeness (QED) is 0.118. The Morgan fingerprint density at radius 1 is 0.906 bits per heavy atom. The van der Waals surface area contributed by atoms with E-state index >= 15 is 0 Å². The molecule has 3 aromatic carbocycles. The highest BCUT2D eigenvalue weighted by Gasteiger charge is 2.21. The Labute approximate surface area is 218 Å². The molecular formula is C23H14BrCl5O3. The summed E-state index contributed by atoms with van der Waals surface area (Å²) in [6, 6.07) is 12.5. The van der Waals surface area contributed by atoms with Gasteiger partial charge in [0, 0.05) is 15.6 Å². The molecule has 0 unspecified atom stereocenters. The molecular weight excluding hydrogens is 581 g/mol. The lowest BCUT2D eigenvalue weighted by Gasteiger charge is -2.15. The second-order valence-corrected chi connectivity index (χ2v) is 9.27. The summed E-state index contributed by atoms with van der Waals surface area (Å²) in [5.41, 5.74) is 2.06. The summed E-state index contributed by atoms with van der Waals surface area (Å²) < 4.78 is 12.1. The molecule has 0 saturated heterocycles. The van der Waals surface area contributed by atoms with Crippen molar-refractivity contribution in [2.24, 2.45) is 0 Å². The van der Waals surface area contributed by atoms with Gasteiger partial charge in [0.2, 0.25) is 0 Å². The molecule has 0 aliphatic rings. The third-order valence-corrected chi connectivity index (χ3v) is 7.17. The smallest absolute Gasteiger partial charge is 0.185 e. The maximum Gasteiger partial charge on any atom is 0.185 e. The van der Waals surface area contributed by atoms with E-state index in [0.717, 1.165) is 10.0 Å². The Hall–Kier alpha value is -1.40. The van der Waals surface area contributed by atoms with Crippen LogP contribution in [-0.2, 0) is 6.61 Å². The lowest BCUT2D eigenvalue weighted by atomic mass is 10.1. The summed E-state index contributed by atoms with van der Waals surface area (Å²) in [7, 11) is 1.54. The number of hydrogen-bond donors (Lipinski definition) is 0. The van der Waals surface area contributed by atoms with E-state index in [1.807, 2.05) is 24.3 Å². The van der Waals surface area contributed by atoms with Gasteiger partial charge in [0.05, 0.1) is 22.2 Å². The normalized spacial score (nSPS) is 11.1. The molecule has 3 rings (SSSR count). The number of benzene rings is 3. The maximum absolute atomic E-state index is 12.4. The zero-order chi connectivity index (χ0) is 23.4. The van der Waals surface area contributed by atoms with Gasteiger partial charge in [0.15, 0.2) is 11.5 Å². The van der Waals surface area contributed by atoms with Gasteiger partial charge in [-0.1, -0.05) is 86.1 Å². The first-order chi connectivity index (χ1) is 15.2. The van der Waals surface area contributed by atoms with Gasteiger partial charge in [0.1, 0.15) is 22.4 Å². The van der Waals surface area contributed by atoms with Gasteiger partial charge in [-0.3, -0.25) is 4.79 Å². The first-order valence-corrected chi connectivity index (χ1v) is 11.7. The Bertz CT molecular complexity index is 1160. The summed E-state index contributed by atoms with van der Waals surface area (Å²) in [6.07, 6.45) is 3.21. The number of hydrogen-bond acceptors (Lipinski definition) is 3. The largest absolute Gasteiger partial charge is 0.496 e. The molecule has 0 aliphatic heterocycles. The summed E-state index contributed by atoms with van der Waals surface area (Å²) in [4.78, 5) is 12.4. The predicted molar refractivity (Wildman–Crippen MR) is 136 cm³/mol. The van der Waals surface area contributed by atoms with E-state index in [4.69, 9.17) is 67.5 Å². The molecule has 0 bridgehead atoms. The predicted octanol–water partition coefficient (Wildman–Crippen LogP) is 9.20. The molecule has 166 valence electrons. The van der Waals surface area contributed by atoms with Crippen molar-refractivity contribution in [2.45, 2.75) is 6.61 Å². The van der Waals surface area contributed by atoms with Crippen molar-refractivity contribution in [1.29, 1.82) is 0 Å². The van der Waals surface area contributed by atoms with Gasteiger partial charge >= 0.3 is 0 Å². The van der Waals surface area contributed by atoms with Crippen molar-refractivity contribution in [3.63, 3.8) is 0 Å². The molecule has 0 saturated carbocycles. The van der Waals surface area contributed by atoms with Gasteiger partial charge < -0.3 is 9.47 Å². The van der Waals surface area contributed by atoms with Gasteiger partial charge in [-0.2, -0.15) is 0 Å². The monoisotopic (exact) mass is 592 g/mol. The Kier molecular flexibility index (Phi) is 8.79. The molecule has 0 fully saturated rings. The third-order valence-electron chi connectivity index (χ3n) is 4.40. The number of rotatable bonds is 7. The van der Waals surface area contributed by atoms with Crippen LogP contribution in [0.2, 0.25) is 25.1 Å². The third kappa shape index (κ3) is 5.74. The maximum atomic E-state index is 12.4. The molecule has 32 heavy (non-hydrogen) atoms. The zero-order valence-electron chi connectivity index (χ0n) is 16.4. The number of allylic oxidation sites excluding steroid dienone is 1. The fourth-order valence-corrected chi connectivity index (χ4v) is 4.25. The average molecular weight is 596 g/mol. The van der Waals surface area contributed by atoms with E-state index in [-0.39, 0.29) is 43.3 Å². The van der Waals surface area contributed by atoms with Crippen molar-refractivity contribution in [2.75, 3.05) is 7.11 Å². The van der Waals surface area contributed by atoms with Crippen LogP contribution in [0.3, 0.4) is 0 Å². The van der Waals surface area contributed by atoms with Crippen LogP contribution in [0.25, 0.3) is 6.08 Å². The summed E-state index contributed by atoms with van der Waals surface area (Å²) in [5.74, 6) is 0.580. The molecule has 9 heteroatoms. The van der Waals surface area contributed by atoms with E-state index in [9.17, 15) is 4.79 Å². The number of carbonyl (C=O) groups is 1. The Morgan fingerprint density at radius 3 is 2.09 bits per heavy atom. The first kappa shape index (κ1) is 25.2. The van der Waals surface area contributed by atoms with Crippen LogP contribution in [0.4, 0.5) is 0 Å². The highest BCUT2D eigenvalue weighted by atomic mass is 79.9. The van der Waals surface area contributed by atoms with Gasteiger partial charge in [-0.05, 0) is 48.0 Å². The fourth-order valence-electron chi connectivity index (χ4n) is 2.76. The van der Waals surface area contributed by atoms with Crippen LogP contribution in [0, 0.1) is 0 Å². The van der Waals surface area contributed by atoms with Crippen LogP contribution in [-0.4, -0.2) is 12.9 Å². The minimum absolute atomic E-state index is 0.0489. The molecule has 0 spiro atoms. The number of carbonyl (C=O) groups excluding carboxylic acids is 1.